The van der Waals surface area contributed by atoms with E-state index < -0.39 is 138 Å². The quantitative estimate of drug-likeness (QED) is 0.252. The molecule has 0 bridgehead atoms. The summed E-state index contributed by atoms with van der Waals surface area (Å²) in [5, 5.41) is 12.2. The molecule has 0 aromatic heterocycles. The molecule has 472 valence electrons. The molecule has 0 aliphatic carbocycles. The molecule has 2 aromatic rings. The summed E-state index contributed by atoms with van der Waals surface area (Å²) in [5.41, 5.74) is -0.288. The second kappa shape index (κ2) is 32.6. The maximum Gasteiger partial charge on any atom is 0.248 e. The first-order valence-corrected chi connectivity index (χ1v) is 29.8. The molecule has 3 rings (SSSR count). The van der Waals surface area contributed by atoms with Gasteiger partial charge in [0.05, 0.1) is 19.6 Å². The topological polar surface area (TPSA) is 259 Å². The van der Waals surface area contributed by atoms with Gasteiger partial charge in [-0.25, -0.2) is 0 Å². The second-order valence-corrected chi connectivity index (χ2v) is 25.1. The Bertz CT molecular complexity index is 2710. The molecule has 1 fully saturated rings. The number of amides is 11. The maximum atomic E-state index is 14.9. The van der Waals surface area contributed by atoms with Gasteiger partial charge < -0.3 is 55.6 Å². The Labute approximate surface area is 512 Å². The molecule has 1 heterocycles. The van der Waals surface area contributed by atoms with Crippen LogP contribution in [0.2, 0.25) is 10.0 Å². The number of aryl methyl sites for hydroxylation is 1. The van der Waals surface area contributed by atoms with Crippen molar-refractivity contribution in [2.45, 2.75) is 162 Å². The fourth-order valence-electron chi connectivity index (χ4n) is 9.84. The van der Waals surface area contributed by atoms with Crippen LogP contribution < -0.4 is 21.3 Å². The van der Waals surface area contributed by atoms with Gasteiger partial charge in [0.25, 0.3) is 0 Å². The van der Waals surface area contributed by atoms with Gasteiger partial charge in [0.15, 0.2) is 0 Å². The van der Waals surface area contributed by atoms with Crippen molar-refractivity contribution in [2.24, 2.45) is 17.8 Å². The van der Waals surface area contributed by atoms with Crippen LogP contribution in [0.4, 0.5) is 0 Å². The monoisotopic (exact) mass is 1230 g/mol. The van der Waals surface area contributed by atoms with Crippen LogP contribution in [0.1, 0.15) is 112 Å². The minimum atomic E-state index is -1.65. The molecule has 4 N–H and O–H groups in total. The third kappa shape index (κ3) is 21.3. The van der Waals surface area contributed by atoms with Crippen LogP contribution >= 0.6 is 23.2 Å². The van der Waals surface area contributed by atoms with E-state index in [0.717, 1.165) is 20.3 Å². The molecule has 24 heteroatoms. The smallest absolute Gasteiger partial charge is 0.248 e. The van der Waals surface area contributed by atoms with Gasteiger partial charge in [0, 0.05) is 78.3 Å². The zero-order valence-electron chi connectivity index (χ0n) is 52.8. The number of carbonyl (C=O) groups is 11. The van der Waals surface area contributed by atoms with E-state index in [1.54, 1.807) is 56.3 Å². The van der Waals surface area contributed by atoms with Crippen molar-refractivity contribution in [1.82, 2.24) is 55.6 Å². The first kappa shape index (κ1) is 72.4. The van der Waals surface area contributed by atoms with Crippen molar-refractivity contribution >= 4 is 88.2 Å². The Hall–Kier alpha value is -6.81. The molecular weight excluding hydrogens is 1130 g/mol. The van der Waals surface area contributed by atoms with E-state index in [1.807, 2.05) is 40.7 Å². The molecule has 1 saturated heterocycles. The first-order valence-electron chi connectivity index (χ1n) is 29.0. The largest absolute Gasteiger partial charge is 0.351 e. The van der Waals surface area contributed by atoms with Gasteiger partial charge in [0.1, 0.15) is 41.8 Å². The number of halogens is 2. The highest BCUT2D eigenvalue weighted by atomic mass is 35.5. The first-order chi connectivity index (χ1) is 39.5. The number of rotatable bonds is 11. The zero-order valence-corrected chi connectivity index (χ0v) is 54.4. The standard InChI is InChI=1S/C61H93Cl2N11O11/c1-18-38(6)53-59(84)70(13)34-51(77)68(11)35-52(78)72(15)48(32-42-22-25-43(62)26-23-42)58(83)69(12)33-49(75)65-45(27-24-41-20-19-21-44(63)31-41)57(82)73(16)47(29-37(4)5)56(81)67-61(9,10)60(85)74(17)46(28-36(2)3)55(80)64-39(7)30-50(76)71(14)40(8)54(79)66-53/h19-23,25-26,31,36-40,45-48,53H,18,24,27-30,32-35H2,1-17H3,(H,64,80)(H,65,75)(H,66,79)(H,67,81)/t38?,39-,40+,45+,46+,47+,48+,53+/m1/s1. The summed E-state index contributed by atoms with van der Waals surface area (Å²) in [6.45, 7) is 15.5. The lowest BCUT2D eigenvalue weighted by Crippen LogP contribution is -2.63. The highest BCUT2D eigenvalue weighted by Gasteiger charge is 2.42. The lowest BCUT2D eigenvalue weighted by molar-refractivity contribution is -0.149. The molecule has 0 radical (unpaired) electrons. The maximum absolute atomic E-state index is 14.9. The van der Waals surface area contributed by atoms with Gasteiger partial charge in [-0.05, 0) is 107 Å². The van der Waals surface area contributed by atoms with Crippen LogP contribution in [-0.2, 0) is 65.6 Å². The fourth-order valence-corrected chi connectivity index (χ4v) is 10.2. The molecule has 22 nitrogen and oxygen atoms in total. The summed E-state index contributed by atoms with van der Waals surface area (Å²) in [5.74, 6) is -7.70. The number of likely N-dealkylation sites (N-methyl/N-ethyl adjacent to an activating group) is 7. The van der Waals surface area contributed by atoms with Gasteiger partial charge in [0.2, 0.25) is 65.0 Å². The number of hydrogen-bond acceptors (Lipinski definition) is 11. The Balaban J connectivity index is 2.17. The summed E-state index contributed by atoms with van der Waals surface area (Å²) >= 11 is 12.5. The molecule has 8 atom stereocenters. The van der Waals surface area contributed by atoms with Gasteiger partial charge >= 0.3 is 0 Å². The minimum absolute atomic E-state index is 0.0290. The van der Waals surface area contributed by atoms with Crippen LogP contribution in [0.3, 0.4) is 0 Å². The van der Waals surface area contributed by atoms with Crippen LogP contribution in [0, 0.1) is 17.8 Å². The van der Waals surface area contributed by atoms with E-state index in [4.69, 9.17) is 23.2 Å². The Morgan fingerprint density at radius 1 is 0.565 bits per heavy atom. The average molecular weight is 1230 g/mol. The van der Waals surface area contributed by atoms with E-state index in [2.05, 4.69) is 21.3 Å². The third-order valence-corrected chi connectivity index (χ3v) is 16.1. The summed E-state index contributed by atoms with van der Waals surface area (Å²) in [7, 11) is 9.82. The van der Waals surface area contributed by atoms with Crippen LogP contribution in [0.15, 0.2) is 48.5 Å². The number of hydrogen-bond donors (Lipinski definition) is 4. The van der Waals surface area contributed by atoms with E-state index in [1.165, 1.54) is 89.7 Å². The second-order valence-electron chi connectivity index (χ2n) is 24.2. The van der Waals surface area contributed by atoms with Gasteiger partial charge in [-0.1, -0.05) is 95.4 Å². The van der Waals surface area contributed by atoms with Crippen molar-refractivity contribution in [3.63, 3.8) is 0 Å². The molecule has 85 heavy (non-hydrogen) atoms. The van der Waals surface area contributed by atoms with Crippen molar-refractivity contribution in [2.75, 3.05) is 69.0 Å². The van der Waals surface area contributed by atoms with E-state index in [0.29, 0.717) is 22.0 Å². The van der Waals surface area contributed by atoms with E-state index in [-0.39, 0.29) is 50.4 Å². The highest BCUT2D eigenvalue weighted by Crippen LogP contribution is 2.22. The van der Waals surface area contributed by atoms with Crippen molar-refractivity contribution in [3.8, 4) is 0 Å². The third-order valence-electron chi connectivity index (χ3n) is 15.6. The molecule has 0 saturated carbocycles. The summed E-state index contributed by atoms with van der Waals surface area (Å²) < 4.78 is 0. The van der Waals surface area contributed by atoms with Gasteiger partial charge in [-0.2, -0.15) is 0 Å². The van der Waals surface area contributed by atoms with E-state index >= 15 is 0 Å². The van der Waals surface area contributed by atoms with Gasteiger partial charge in [-0.3, -0.25) is 52.7 Å². The summed E-state index contributed by atoms with van der Waals surface area (Å²) in [6.07, 6.45) is 0.773. The molecule has 1 aliphatic rings. The molecule has 0 spiro atoms. The fraction of sp³-hybridized carbons (Fsp3) is 0.623. The van der Waals surface area contributed by atoms with Crippen LogP contribution in [0.25, 0.3) is 0 Å². The number of nitrogens with one attached hydrogen (secondary N) is 4. The average Bonchev–Trinajstić information content (AvgIpc) is 3.19. The highest BCUT2D eigenvalue weighted by molar-refractivity contribution is 6.30. The van der Waals surface area contributed by atoms with Crippen LogP contribution in [0.5, 0.6) is 0 Å². The van der Waals surface area contributed by atoms with Crippen molar-refractivity contribution in [1.29, 1.82) is 0 Å². The lowest BCUT2D eigenvalue weighted by atomic mass is 9.95. The summed E-state index contributed by atoms with van der Waals surface area (Å²) in [4.78, 5) is 165. The predicted molar refractivity (Wildman–Crippen MR) is 326 cm³/mol. The molecule has 1 aliphatic heterocycles. The van der Waals surface area contributed by atoms with E-state index in [9.17, 15) is 52.7 Å². The molecule has 2 aromatic carbocycles. The molecule has 1 unspecified atom stereocenters. The molecular formula is C61H93Cl2N11O11. The molecule has 11 amide bonds. The number of nitrogens with zero attached hydrogens (tertiary/aromatic N) is 7. The van der Waals surface area contributed by atoms with Crippen LogP contribution in [-0.4, -0.2) is 216 Å². The Morgan fingerprint density at radius 3 is 1.69 bits per heavy atom. The number of carbonyl (C=O) groups excluding carboxylic acids is 11. The Morgan fingerprint density at radius 2 is 1.13 bits per heavy atom. The number of benzene rings is 2. The van der Waals surface area contributed by atoms with Crippen molar-refractivity contribution < 1.29 is 52.7 Å². The van der Waals surface area contributed by atoms with Crippen molar-refractivity contribution in [3.05, 3.63) is 69.7 Å². The predicted octanol–water partition coefficient (Wildman–Crippen LogP) is 3.78. The normalized spacial score (nSPS) is 24.2. The minimum Gasteiger partial charge on any atom is -0.351 e. The van der Waals surface area contributed by atoms with Gasteiger partial charge in [-0.15, -0.1) is 0 Å². The summed E-state index contributed by atoms with van der Waals surface area (Å²) in [6, 6.07) is 5.83. The SMILES string of the molecule is CCC(C)[C@@H]1NC(=O)[C@H](C)N(C)C(=O)C[C@@H](C)NC(=O)[C@H](CC(C)C)N(C)C(=O)C(C)(C)NC(=O)[C@H](CC(C)C)N(C)C(=O)[C@H](CCc2cccc(Cl)c2)NC(=O)CN(C)C(=O)[C@H](Cc2ccc(Cl)cc2)N(C)C(=O)CN(C)C(=O)CN(C)C1=O. The lowest BCUT2D eigenvalue weighted by Gasteiger charge is -2.38. The Kier molecular flexibility index (Phi) is 27.8. The zero-order chi connectivity index (χ0) is 64.5.